The van der Waals surface area contributed by atoms with E-state index in [-0.39, 0.29) is 5.43 Å². The molecule has 0 radical (unpaired) electrons. The monoisotopic (exact) mass is 280 g/mol. The van der Waals surface area contributed by atoms with Crippen LogP contribution in [0.5, 0.6) is 5.75 Å². The molecule has 106 valence electrons. The molecule has 21 heavy (non-hydrogen) atoms. The molecule has 1 aromatic heterocycles. The van der Waals surface area contributed by atoms with Crippen LogP contribution in [0.25, 0.3) is 21.9 Å². The van der Waals surface area contributed by atoms with Crippen LogP contribution in [0.2, 0.25) is 0 Å². The third-order valence-electron chi connectivity index (χ3n) is 4.07. The first kappa shape index (κ1) is 12.5. The molecule has 0 amide bonds. The SMILES string of the molecule is Cc1ccc(OCC2CC2)c2oc3ccccc3c(=O)c12. The maximum Gasteiger partial charge on any atom is 0.200 e. The van der Waals surface area contributed by atoms with Gasteiger partial charge in [0.1, 0.15) is 5.58 Å². The average Bonchev–Trinajstić information content (AvgIpc) is 3.31. The van der Waals surface area contributed by atoms with E-state index < -0.39 is 0 Å². The van der Waals surface area contributed by atoms with Gasteiger partial charge < -0.3 is 9.15 Å². The maximum absolute atomic E-state index is 12.7. The molecule has 1 saturated carbocycles. The molecular weight excluding hydrogens is 264 g/mol. The van der Waals surface area contributed by atoms with E-state index in [9.17, 15) is 4.79 Å². The zero-order valence-electron chi connectivity index (χ0n) is 11.9. The van der Waals surface area contributed by atoms with Gasteiger partial charge in [-0.25, -0.2) is 0 Å². The average molecular weight is 280 g/mol. The van der Waals surface area contributed by atoms with Crippen molar-refractivity contribution in [3.05, 3.63) is 52.2 Å². The summed E-state index contributed by atoms with van der Waals surface area (Å²) in [5, 5.41) is 1.24. The van der Waals surface area contributed by atoms with E-state index in [0.717, 1.165) is 5.56 Å². The van der Waals surface area contributed by atoms with Crippen LogP contribution in [0.1, 0.15) is 18.4 Å². The third-order valence-corrected chi connectivity index (χ3v) is 4.07. The van der Waals surface area contributed by atoms with Gasteiger partial charge in [-0.2, -0.15) is 0 Å². The number of fused-ring (bicyclic) bond motifs is 2. The molecule has 1 heterocycles. The molecule has 4 rings (SSSR count). The van der Waals surface area contributed by atoms with Crippen LogP contribution in [0.15, 0.2) is 45.6 Å². The van der Waals surface area contributed by atoms with Crippen molar-refractivity contribution in [3.63, 3.8) is 0 Å². The standard InChI is InChI=1S/C18H16O3/c1-11-6-9-15(20-10-12-7-8-12)18-16(11)17(19)13-4-2-3-5-14(13)21-18/h2-6,9,12H,7-8,10H2,1H3. The van der Waals surface area contributed by atoms with Crippen LogP contribution in [0, 0.1) is 12.8 Å². The molecule has 0 spiro atoms. The van der Waals surface area contributed by atoms with Gasteiger partial charge in [-0.3, -0.25) is 4.79 Å². The fourth-order valence-corrected chi connectivity index (χ4v) is 2.64. The van der Waals surface area contributed by atoms with Crippen molar-refractivity contribution < 1.29 is 9.15 Å². The number of hydrogen-bond donors (Lipinski definition) is 0. The largest absolute Gasteiger partial charge is 0.489 e. The summed E-state index contributed by atoms with van der Waals surface area (Å²) < 4.78 is 11.8. The topological polar surface area (TPSA) is 39.4 Å². The minimum Gasteiger partial charge on any atom is -0.489 e. The summed E-state index contributed by atoms with van der Waals surface area (Å²) in [6.07, 6.45) is 2.47. The lowest BCUT2D eigenvalue weighted by Gasteiger charge is -2.10. The highest BCUT2D eigenvalue weighted by Crippen LogP contribution is 2.33. The van der Waals surface area contributed by atoms with Crippen molar-refractivity contribution in [1.82, 2.24) is 0 Å². The maximum atomic E-state index is 12.7. The molecule has 1 aliphatic carbocycles. The molecule has 3 nitrogen and oxygen atoms in total. The van der Waals surface area contributed by atoms with Crippen molar-refractivity contribution in [2.45, 2.75) is 19.8 Å². The summed E-state index contributed by atoms with van der Waals surface area (Å²) in [5.74, 6) is 1.33. The number of aryl methyl sites for hydroxylation is 1. The Morgan fingerprint density at radius 1 is 1.19 bits per heavy atom. The predicted octanol–water partition coefficient (Wildman–Crippen LogP) is 4.04. The molecule has 1 fully saturated rings. The summed E-state index contributed by atoms with van der Waals surface area (Å²) in [5.41, 5.74) is 2.11. The first-order chi connectivity index (χ1) is 10.2. The quantitative estimate of drug-likeness (QED) is 0.680. The van der Waals surface area contributed by atoms with Crippen LogP contribution in [0.4, 0.5) is 0 Å². The number of hydrogen-bond acceptors (Lipinski definition) is 3. The summed E-state index contributed by atoms with van der Waals surface area (Å²) >= 11 is 0. The molecule has 3 heteroatoms. The summed E-state index contributed by atoms with van der Waals surface area (Å²) in [6, 6.07) is 11.2. The number of ether oxygens (including phenoxy) is 1. The molecule has 0 aliphatic heterocycles. The second-order valence-corrected chi connectivity index (χ2v) is 5.77. The minimum absolute atomic E-state index is 0.0150. The van der Waals surface area contributed by atoms with Gasteiger partial charge in [0.15, 0.2) is 11.3 Å². The Morgan fingerprint density at radius 3 is 2.81 bits per heavy atom. The lowest BCUT2D eigenvalue weighted by Crippen LogP contribution is -2.06. The number of benzene rings is 2. The fraction of sp³-hybridized carbons (Fsp3) is 0.278. The van der Waals surface area contributed by atoms with Gasteiger partial charge in [-0.1, -0.05) is 18.2 Å². The normalized spacial score (nSPS) is 14.7. The second kappa shape index (κ2) is 4.62. The Balaban J connectivity index is 1.98. The molecule has 0 atom stereocenters. The van der Waals surface area contributed by atoms with Crippen molar-refractivity contribution >= 4 is 21.9 Å². The van der Waals surface area contributed by atoms with Crippen molar-refractivity contribution in [3.8, 4) is 5.75 Å². The molecule has 3 aromatic rings. The van der Waals surface area contributed by atoms with Gasteiger partial charge in [0.2, 0.25) is 5.43 Å². The molecule has 0 saturated heterocycles. The fourth-order valence-electron chi connectivity index (χ4n) is 2.64. The Labute approximate surface area is 122 Å². The van der Waals surface area contributed by atoms with Gasteiger partial charge in [0.25, 0.3) is 0 Å². The Bertz CT molecular complexity index is 888. The van der Waals surface area contributed by atoms with Crippen LogP contribution in [-0.2, 0) is 0 Å². The zero-order valence-corrected chi connectivity index (χ0v) is 11.9. The molecule has 2 aromatic carbocycles. The molecule has 0 unspecified atom stereocenters. The van der Waals surface area contributed by atoms with E-state index in [0.29, 0.717) is 40.2 Å². The summed E-state index contributed by atoms with van der Waals surface area (Å²) in [7, 11) is 0. The number of para-hydroxylation sites is 1. The van der Waals surface area contributed by atoms with E-state index in [1.165, 1.54) is 12.8 Å². The highest BCUT2D eigenvalue weighted by atomic mass is 16.5. The van der Waals surface area contributed by atoms with Gasteiger partial charge >= 0.3 is 0 Å². The predicted molar refractivity (Wildman–Crippen MR) is 82.9 cm³/mol. The first-order valence-corrected chi connectivity index (χ1v) is 7.32. The first-order valence-electron chi connectivity index (χ1n) is 7.32. The molecular formula is C18H16O3. The Morgan fingerprint density at radius 2 is 2.00 bits per heavy atom. The highest BCUT2D eigenvalue weighted by Gasteiger charge is 2.23. The van der Waals surface area contributed by atoms with Crippen LogP contribution in [-0.4, -0.2) is 6.61 Å². The van der Waals surface area contributed by atoms with Gasteiger partial charge in [0, 0.05) is 0 Å². The summed E-state index contributed by atoms with van der Waals surface area (Å²) in [6.45, 7) is 2.63. The summed E-state index contributed by atoms with van der Waals surface area (Å²) in [4.78, 5) is 12.7. The van der Waals surface area contributed by atoms with Crippen molar-refractivity contribution in [2.24, 2.45) is 5.92 Å². The number of rotatable bonds is 3. The minimum atomic E-state index is 0.0150. The van der Waals surface area contributed by atoms with Crippen molar-refractivity contribution in [2.75, 3.05) is 6.61 Å². The Kier molecular flexibility index (Phi) is 2.74. The highest BCUT2D eigenvalue weighted by molar-refractivity contribution is 5.94. The van der Waals surface area contributed by atoms with Crippen molar-refractivity contribution in [1.29, 1.82) is 0 Å². The van der Waals surface area contributed by atoms with Crippen LogP contribution < -0.4 is 10.2 Å². The van der Waals surface area contributed by atoms with Crippen LogP contribution in [0.3, 0.4) is 0 Å². The zero-order chi connectivity index (χ0) is 14.4. The van der Waals surface area contributed by atoms with Crippen LogP contribution >= 0.6 is 0 Å². The third kappa shape index (κ3) is 2.09. The molecule has 1 aliphatic rings. The van der Waals surface area contributed by atoms with Gasteiger partial charge in [-0.15, -0.1) is 0 Å². The Hall–Kier alpha value is -2.29. The van der Waals surface area contributed by atoms with E-state index in [4.69, 9.17) is 9.15 Å². The van der Waals surface area contributed by atoms with E-state index >= 15 is 0 Å². The van der Waals surface area contributed by atoms with Gasteiger partial charge in [0.05, 0.1) is 17.4 Å². The second-order valence-electron chi connectivity index (χ2n) is 5.77. The van der Waals surface area contributed by atoms with E-state index in [1.807, 2.05) is 37.3 Å². The molecule has 0 bridgehead atoms. The lowest BCUT2D eigenvalue weighted by molar-refractivity contribution is 0.299. The molecule has 0 N–H and O–H groups in total. The van der Waals surface area contributed by atoms with E-state index in [2.05, 4.69) is 0 Å². The lowest BCUT2D eigenvalue weighted by atomic mass is 10.1. The smallest absolute Gasteiger partial charge is 0.200 e. The van der Waals surface area contributed by atoms with Gasteiger partial charge in [-0.05, 0) is 49.4 Å². The van der Waals surface area contributed by atoms with E-state index in [1.54, 1.807) is 6.07 Å².